The molecule has 1 fully saturated rings. The van der Waals surface area contributed by atoms with Crippen molar-refractivity contribution in [3.63, 3.8) is 0 Å². The number of hydrogen-bond acceptors (Lipinski definition) is 5. The van der Waals surface area contributed by atoms with Gasteiger partial charge in [-0.1, -0.05) is 18.2 Å². The van der Waals surface area contributed by atoms with Crippen LogP contribution in [0.4, 0.5) is 0 Å². The molecule has 0 spiro atoms. The maximum absolute atomic E-state index is 6.05. The monoisotopic (exact) mass is 414 g/mol. The maximum atomic E-state index is 6.05. The van der Waals surface area contributed by atoms with E-state index < -0.39 is 0 Å². The summed E-state index contributed by atoms with van der Waals surface area (Å²) in [5.41, 5.74) is 1.13. The van der Waals surface area contributed by atoms with Crippen LogP contribution in [0.2, 0.25) is 0 Å². The molecule has 1 aromatic carbocycles. The summed E-state index contributed by atoms with van der Waals surface area (Å²) in [7, 11) is 1.78. The Morgan fingerprint density at radius 3 is 2.50 bits per heavy atom. The second-order valence-electron chi connectivity index (χ2n) is 7.64. The summed E-state index contributed by atoms with van der Waals surface area (Å²) in [6.45, 7) is 10.7. The van der Waals surface area contributed by atoms with E-state index in [0.29, 0.717) is 13.1 Å². The summed E-state index contributed by atoms with van der Waals surface area (Å²) in [5, 5.41) is 6.81. The number of furan rings is 1. The van der Waals surface area contributed by atoms with E-state index in [-0.39, 0.29) is 12.1 Å². The van der Waals surface area contributed by atoms with Crippen molar-refractivity contribution in [3.05, 3.63) is 53.5 Å². The Morgan fingerprint density at radius 1 is 1.10 bits per heavy atom. The molecular formula is C23H34N4O3. The molecule has 7 heteroatoms. The van der Waals surface area contributed by atoms with Crippen LogP contribution in [0.5, 0.6) is 5.75 Å². The Hall–Kier alpha value is -2.51. The van der Waals surface area contributed by atoms with Crippen LogP contribution >= 0.6 is 0 Å². The zero-order chi connectivity index (χ0) is 21.3. The van der Waals surface area contributed by atoms with Crippen molar-refractivity contribution in [2.45, 2.75) is 32.9 Å². The molecule has 0 amide bonds. The Bertz CT molecular complexity index is 814. The third-order valence-corrected chi connectivity index (χ3v) is 5.24. The third-order valence-electron chi connectivity index (χ3n) is 5.24. The first-order chi connectivity index (χ1) is 14.6. The summed E-state index contributed by atoms with van der Waals surface area (Å²) in [4.78, 5) is 6.76. The van der Waals surface area contributed by atoms with E-state index >= 15 is 0 Å². The highest BCUT2D eigenvalue weighted by atomic mass is 16.5. The molecule has 2 aromatic rings. The largest absolute Gasteiger partial charge is 0.489 e. The van der Waals surface area contributed by atoms with E-state index in [1.807, 2.05) is 31.2 Å². The van der Waals surface area contributed by atoms with E-state index in [2.05, 4.69) is 46.5 Å². The Morgan fingerprint density at radius 2 is 1.83 bits per heavy atom. The lowest BCUT2D eigenvalue weighted by Crippen LogP contribution is -2.47. The number of hydrogen-bond donors (Lipinski definition) is 2. The minimum atomic E-state index is 0.00686. The minimum absolute atomic E-state index is 0.00686. The first-order valence-corrected chi connectivity index (χ1v) is 10.6. The molecule has 0 saturated carbocycles. The van der Waals surface area contributed by atoms with Crippen molar-refractivity contribution in [3.8, 4) is 5.75 Å². The van der Waals surface area contributed by atoms with Gasteiger partial charge in [0.1, 0.15) is 23.4 Å². The molecule has 0 radical (unpaired) electrons. The number of nitrogens with zero attached hydrogens (tertiary/aromatic N) is 2. The lowest BCUT2D eigenvalue weighted by Gasteiger charge is -2.33. The lowest BCUT2D eigenvalue weighted by molar-refractivity contribution is 0.0124. The predicted octanol–water partition coefficient (Wildman–Crippen LogP) is 2.90. The third kappa shape index (κ3) is 6.24. The Balaban J connectivity index is 1.53. The normalized spacial score (nSPS) is 17.4. The summed E-state index contributed by atoms with van der Waals surface area (Å²) >= 11 is 0. The SMILES string of the molecule is CN=C(NCC(C)Oc1ccccc1C)NCC(c1ccc(C)o1)N1CCOCC1. The van der Waals surface area contributed by atoms with Gasteiger partial charge in [-0.3, -0.25) is 9.89 Å². The fourth-order valence-electron chi connectivity index (χ4n) is 3.53. The molecule has 2 heterocycles. The van der Waals surface area contributed by atoms with Gasteiger partial charge >= 0.3 is 0 Å². The molecular weight excluding hydrogens is 380 g/mol. The van der Waals surface area contributed by atoms with Crippen LogP contribution in [0.1, 0.15) is 30.0 Å². The molecule has 2 unspecified atom stereocenters. The number of benzene rings is 1. The van der Waals surface area contributed by atoms with Crippen molar-refractivity contribution in [1.29, 1.82) is 0 Å². The highest BCUT2D eigenvalue weighted by Gasteiger charge is 2.25. The van der Waals surface area contributed by atoms with Gasteiger partial charge in [-0.05, 0) is 44.5 Å². The topological polar surface area (TPSA) is 71.3 Å². The average molecular weight is 415 g/mol. The van der Waals surface area contributed by atoms with Gasteiger partial charge in [-0.25, -0.2) is 0 Å². The van der Waals surface area contributed by atoms with Gasteiger partial charge in [0.05, 0.1) is 25.8 Å². The molecule has 2 N–H and O–H groups in total. The van der Waals surface area contributed by atoms with Crippen LogP contribution in [0, 0.1) is 13.8 Å². The van der Waals surface area contributed by atoms with E-state index in [0.717, 1.165) is 55.1 Å². The molecule has 0 aliphatic carbocycles. The maximum Gasteiger partial charge on any atom is 0.191 e. The standard InChI is InChI=1S/C23H34N4O3/c1-17-7-5-6-8-21(17)30-19(3)15-25-23(24-4)26-16-20(22-10-9-18(2)29-22)27-11-13-28-14-12-27/h5-10,19-20H,11-16H2,1-4H3,(H2,24,25,26). The number of guanidine groups is 1. The number of nitrogens with one attached hydrogen (secondary N) is 2. The van der Waals surface area contributed by atoms with Gasteiger partial charge in [-0.2, -0.15) is 0 Å². The second kappa shape index (κ2) is 11.0. The zero-order valence-corrected chi connectivity index (χ0v) is 18.5. The first-order valence-electron chi connectivity index (χ1n) is 10.6. The van der Waals surface area contributed by atoms with Gasteiger partial charge in [0, 0.05) is 26.7 Å². The molecule has 164 valence electrons. The highest BCUT2D eigenvalue weighted by Crippen LogP contribution is 2.23. The molecule has 7 nitrogen and oxygen atoms in total. The Kier molecular flexibility index (Phi) is 8.16. The summed E-state index contributed by atoms with van der Waals surface area (Å²) in [5.74, 6) is 3.55. The van der Waals surface area contributed by atoms with Gasteiger partial charge in [0.2, 0.25) is 0 Å². The van der Waals surface area contributed by atoms with Crippen molar-refractivity contribution in [2.24, 2.45) is 4.99 Å². The summed E-state index contributed by atoms with van der Waals surface area (Å²) in [6.07, 6.45) is 0.00686. The number of aryl methyl sites for hydroxylation is 2. The van der Waals surface area contributed by atoms with E-state index in [9.17, 15) is 0 Å². The summed E-state index contributed by atoms with van der Waals surface area (Å²) in [6, 6.07) is 12.3. The smallest absolute Gasteiger partial charge is 0.191 e. The molecule has 1 saturated heterocycles. The molecule has 1 aromatic heterocycles. The molecule has 1 aliphatic rings. The average Bonchev–Trinajstić information content (AvgIpc) is 3.19. The van der Waals surface area contributed by atoms with Crippen LogP contribution in [-0.2, 0) is 4.74 Å². The molecule has 30 heavy (non-hydrogen) atoms. The number of morpholine rings is 1. The molecule has 1 aliphatic heterocycles. The highest BCUT2D eigenvalue weighted by molar-refractivity contribution is 5.79. The number of ether oxygens (including phenoxy) is 2. The first kappa shape index (κ1) is 22.2. The minimum Gasteiger partial charge on any atom is -0.489 e. The lowest BCUT2D eigenvalue weighted by atomic mass is 10.1. The predicted molar refractivity (Wildman–Crippen MR) is 119 cm³/mol. The van der Waals surface area contributed by atoms with Crippen molar-refractivity contribution in [2.75, 3.05) is 46.4 Å². The molecule has 0 bridgehead atoms. The van der Waals surface area contributed by atoms with Gasteiger partial charge in [0.15, 0.2) is 5.96 Å². The van der Waals surface area contributed by atoms with Crippen molar-refractivity contribution in [1.82, 2.24) is 15.5 Å². The van der Waals surface area contributed by atoms with Crippen LogP contribution in [0.3, 0.4) is 0 Å². The van der Waals surface area contributed by atoms with Crippen molar-refractivity contribution >= 4 is 5.96 Å². The fraction of sp³-hybridized carbons (Fsp3) is 0.522. The second-order valence-corrected chi connectivity index (χ2v) is 7.64. The number of aliphatic imine (C=N–C) groups is 1. The van der Waals surface area contributed by atoms with Crippen LogP contribution in [0.25, 0.3) is 0 Å². The number of para-hydroxylation sites is 1. The van der Waals surface area contributed by atoms with Crippen LogP contribution < -0.4 is 15.4 Å². The zero-order valence-electron chi connectivity index (χ0n) is 18.5. The fourth-order valence-corrected chi connectivity index (χ4v) is 3.53. The Labute approximate surface area is 179 Å². The van der Waals surface area contributed by atoms with Gasteiger partial charge in [0.25, 0.3) is 0 Å². The quantitative estimate of drug-likeness (QED) is 0.511. The van der Waals surface area contributed by atoms with E-state index in [1.165, 1.54) is 0 Å². The molecule has 3 rings (SSSR count). The van der Waals surface area contributed by atoms with Crippen molar-refractivity contribution < 1.29 is 13.9 Å². The summed E-state index contributed by atoms with van der Waals surface area (Å²) < 4.78 is 17.5. The number of rotatable bonds is 8. The van der Waals surface area contributed by atoms with E-state index in [1.54, 1.807) is 7.05 Å². The van der Waals surface area contributed by atoms with E-state index in [4.69, 9.17) is 13.9 Å². The van der Waals surface area contributed by atoms with Crippen LogP contribution in [-0.4, -0.2) is 63.4 Å². The van der Waals surface area contributed by atoms with Gasteiger partial charge < -0.3 is 24.5 Å². The molecule has 2 atom stereocenters. The van der Waals surface area contributed by atoms with Crippen LogP contribution in [0.15, 0.2) is 45.8 Å². The van der Waals surface area contributed by atoms with Gasteiger partial charge in [-0.15, -0.1) is 0 Å².